The third-order valence-electron chi connectivity index (χ3n) is 3.90. The first-order valence-corrected chi connectivity index (χ1v) is 6.92. The fourth-order valence-corrected chi connectivity index (χ4v) is 2.94. The summed E-state index contributed by atoms with van der Waals surface area (Å²) >= 11 is 0. The van der Waals surface area contributed by atoms with Crippen LogP contribution in [0.25, 0.3) is 0 Å². The summed E-state index contributed by atoms with van der Waals surface area (Å²) < 4.78 is 0. The van der Waals surface area contributed by atoms with Crippen LogP contribution in [-0.2, 0) is 0 Å². The minimum absolute atomic E-state index is 0.556. The van der Waals surface area contributed by atoms with Crippen molar-refractivity contribution in [3.63, 3.8) is 0 Å². The second-order valence-electron chi connectivity index (χ2n) is 5.61. The zero-order valence-corrected chi connectivity index (χ0v) is 12.3. The summed E-state index contributed by atoms with van der Waals surface area (Å²) in [6.07, 6.45) is 4.01. The number of rotatable bonds is 4. The molecule has 1 aromatic rings. The molecule has 0 amide bonds. The molecule has 0 aliphatic heterocycles. The Morgan fingerprint density at radius 3 is 2.47 bits per heavy atom. The molecule has 1 fully saturated rings. The van der Waals surface area contributed by atoms with Gasteiger partial charge in [0, 0.05) is 26.2 Å². The van der Waals surface area contributed by atoms with Crippen molar-refractivity contribution in [1.82, 2.24) is 9.97 Å². The van der Waals surface area contributed by atoms with Gasteiger partial charge in [0.05, 0.1) is 5.60 Å². The molecule has 0 bridgehead atoms. The van der Waals surface area contributed by atoms with Crippen molar-refractivity contribution in [2.75, 3.05) is 30.9 Å². The Bertz CT molecular complexity index is 455. The first-order chi connectivity index (χ1) is 8.95. The number of aryl methyl sites for hydroxylation is 1. The van der Waals surface area contributed by atoms with Crippen LogP contribution in [-0.4, -0.2) is 41.3 Å². The Labute approximate surface area is 115 Å². The summed E-state index contributed by atoms with van der Waals surface area (Å²) in [7, 11) is 3.85. The molecule has 106 valence electrons. The molecule has 19 heavy (non-hydrogen) atoms. The molecule has 0 atom stereocenters. The average Bonchev–Trinajstić information content (AvgIpc) is 2.78. The van der Waals surface area contributed by atoms with Crippen LogP contribution in [0.4, 0.5) is 11.6 Å². The lowest BCUT2D eigenvalue weighted by atomic mass is 10.0. The normalized spacial score (nSPS) is 17.5. The van der Waals surface area contributed by atoms with E-state index in [0.29, 0.717) is 6.54 Å². The van der Waals surface area contributed by atoms with Crippen LogP contribution < -0.4 is 10.2 Å². The third-order valence-corrected chi connectivity index (χ3v) is 3.90. The smallest absolute Gasteiger partial charge is 0.137 e. The summed E-state index contributed by atoms with van der Waals surface area (Å²) in [6.45, 7) is 4.53. The minimum Gasteiger partial charge on any atom is -0.388 e. The molecule has 0 saturated heterocycles. The molecule has 0 spiro atoms. The number of hydrogen-bond acceptors (Lipinski definition) is 5. The molecule has 0 unspecified atom stereocenters. The molecule has 1 aliphatic carbocycles. The Hall–Kier alpha value is -1.36. The van der Waals surface area contributed by atoms with E-state index in [1.165, 1.54) is 0 Å². The number of anilines is 2. The van der Waals surface area contributed by atoms with E-state index >= 15 is 0 Å². The fraction of sp³-hybridized carbons (Fsp3) is 0.714. The van der Waals surface area contributed by atoms with Crippen molar-refractivity contribution in [2.24, 2.45) is 0 Å². The Morgan fingerprint density at radius 1 is 1.26 bits per heavy atom. The maximum Gasteiger partial charge on any atom is 0.137 e. The average molecular weight is 264 g/mol. The maximum absolute atomic E-state index is 10.5. The van der Waals surface area contributed by atoms with E-state index in [-0.39, 0.29) is 0 Å². The van der Waals surface area contributed by atoms with Gasteiger partial charge in [-0.25, -0.2) is 9.97 Å². The zero-order valence-electron chi connectivity index (χ0n) is 12.3. The summed E-state index contributed by atoms with van der Waals surface area (Å²) in [5.74, 6) is 2.50. The molecule has 2 rings (SSSR count). The molecule has 1 aromatic heterocycles. The maximum atomic E-state index is 10.5. The fourth-order valence-electron chi connectivity index (χ4n) is 2.94. The summed E-state index contributed by atoms with van der Waals surface area (Å²) in [6, 6.07) is 0. The van der Waals surface area contributed by atoms with Crippen molar-refractivity contribution in [3.05, 3.63) is 11.4 Å². The summed E-state index contributed by atoms with van der Waals surface area (Å²) in [4.78, 5) is 10.9. The predicted molar refractivity (Wildman–Crippen MR) is 77.7 cm³/mol. The Morgan fingerprint density at radius 2 is 1.89 bits per heavy atom. The number of aliphatic hydroxyl groups is 1. The van der Waals surface area contributed by atoms with E-state index in [2.05, 4.69) is 20.2 Å². The van der Waals surface area contributed by atoms with E-state index in [0.717, 1.165) is 48.7 Å². The molecule has 1 saturated carbocycles. The van der Waals surface area contributed by atoms with E-state index in [4.69, 9.17) is 0 Å². The van der Waals surface area contributed by atoms with Gasteiger partial charge in [-0.05, 0) is 26.7 Å². The van der Waals surface area contributed by atoms with Crippen LogP contribution in [0.15, 0.2) is 0 Å². The van der Waals surface area contributed by atoms with Crippen molar-refractivity contribution in [1.29, 1.82) is 0 Å². The van der Waals surface area contributed by atoms with Crippen LogP contribution in [0.1, 0.15) is 37.1 Å². The van der Waals surface area contributed by atoms with Crippen molar-refractivity contribution in [3.8, 4) is 0 Å². The molecular formula is C14H24N4O. The van der Waals surface area contributed by atoms with Gasteiger partial charge in [-0.2, -0.15) is 0 Å². The van der Waals surface area contributed by atoms with Crippen molar-refractivity contribution >= 4 is 11.6 Å². The number of nitrogens with one attached hydrogen (secondary N) is 1. The van der Waals surface area contributed by atoms with Crippen LogP contribution in [0.3, 0.4) is 0 Å². The lowest BCUT2D eigenvalue weighted by Gasteiger charge is -2.30. The van der Waals surface area contributed by atoms with Gasteiger partial charge in [0.25, 0.3) is 0 Å². The topological polar surface area (TPSA) is 61.3 Å². The Balaban J connectivity index is 2.23. The standard InChI is InChI=1S/C14H24N4O/c1-10-12(15-3)16-11(2)17-13(10)18(4)9-14(19)7-5-6-8-14/h19H,5-9H2,1-4H3,(H,15,16,17). The predicted octanol–water partition coefficient (Wildman–Crippen LogP) is 1.88. The van der Waals surface area contributed by atoms with Crippen LogP contribution >= 0.6 is 0 Å². The van der Waals surface area contributed by atoms with Crippen LogP contribution in [0.5, 0.6) is 0 Å². The molecule has 1 heterocycles. The Kier molecular flexibility index (Phi) is 3.94. The number of nitrogens with zero attached hydrogens (tertiary/aromatic N) is 3. The number of aromatic nitrogens is 2. The highest BCUT2D eigenvalue weighted by Crippen LogP contribution is 2.32. The van der Waals surface area contributed by atoms with Crippen LogP contribution in [0, 0.1) is 13.8 Å². The van der Waals surface area contributed by atoms with E-state index in [9.17, 15) is 5.11 Å². The largest absolute Gasteiger partial charge is 0.388 e. The van der Waals surface area contributed by atoms with Gasteiger partial charge in [-0.3, -0.25) is 0 Å². The third kappa shape index (κ3) is 2.97. The highest BCUT2D eigenvalue weighted by atomic mass is 16.3. The van der Waals surface area contributed by atoms with Gasteiger partial charge in [0.2, 0.25) is 0 Å². The molecule has 1 aliphatic rings. The van der Waals surface area contributed by atoms with Gasteiger partial charge in [0.15, 0.2) is 0 Å². The van der Waals surface area contributed by atoms with Crippen molar-refractivity contribution < 1.29 is 5.11 Å². The van der Waals surface area contributed by atoms with Gasteiger partial charge in [-0.1, -0.05) is 12.8 Å². The number of likely N-dealkylation sites (N-methyl/N-ethyl adjacent to an activating group) is 1. The molecule has 5 nitrogen and oxygen atoms in total. The zero-order chi connectivity index (χ0) is 14.0. The second kappa shape index (κ2) is 5.33. The van der Waals surface area contributed by atoms with Gasteiger partial charge in [-0.15, -0.1) is 0 Å². The molecular weight excluding hydrogens is 240 g/mol. The SMILES string of the molecule is CNc1nc(C)nc(N(C)CC2(O)CCCC2)c1C. The van der Waals surface area contributed by atoms with E-state index in [1.807, 2.05) is 27.9 Å². The lowest BCUT2D eigenvalue weighted by Crippen LogP contribution is -2.40. The lowest BCUT2D eigenvalue weighted by molar-refractivity contribution is 0.0557. The van der Waals surface area contributed by atoms with Crippen LogP contribution in [0.2, 0.25) is 0 Å². The minimum atomic E-state index is -0.556. The summed E-state index contributed by atoms with van der Waals surface area (Å²) in [5.41, 5.74) is 0.469. The molecule has 0 radical (unpaired) electrons. The first-order valence-electron chi connectivity index (χ1n) is 6.92. The summed E-state index contributed by atoms with van der Waals surface area (Å²) in [5, 5.41) is 13.6. The molecule has 0 aromatic carbocycles. The van der Waals surface area contributed by atoms with Gasteiger partial charge >= 0.3 is 0 Å². The monoisotopic (exact) mass is 264 g/mol. The molecule has 5 heteroatoms. The quantitative estimate of drug-likeness (QED) is 0.869. The van der Waals surface area contributed by atoms with E-state index in [1.54, 1.807) is 0 Å². The molecule has 2 N–H and O–H groups in total. The van der Waals surface area contributed by atoms with Crippen molar-refractivity contribution in [2.45, 2.75) is 45.1 Å². The highest BCUT2D eigenvalue weighted by molar-refractivity contribution is 5.58. The van der Waals surface area contributed by atoms with Gasteiger partial charge < -0.3 is 15.3 Å². The first kappa shape index (κ1) is 14.1. The van der Waals surface area contributed by atoms with E-state index < -0.39 is 5.60 Å². The number of hydrogen-bond donors (Lipinski definition) is 2. The highest BCUT2D eigenvalue weighted by Gasteiger charge is 2.33. The van der Waals surface area contributed by atoms with Gasteiger partial charge in [0.1, 0.15) is 17.5 Å². The second-order valence-corrected chi connectivity index (χ2v) is 5.61.